The lowest BCUT2D eigenvalue weighted by atomic mass is 9.86. The molecule has 0 amide bonds. The second-order valence-electron chi connectivity index (χ2n) is 14.0. The van der Waals surface area contributed by atoms with Gasteiger partial charge in [-0.05, 0) is 114 Å². The number of hydrogen-bond acceptors (Lipinski definition) is 2. The molecule has 2 N–H and O–H groups in total. The first-order valence-corrected chi connectivity index (χ1v) is 17.1. The molecule has 7 rings (SSSR count). The second kappa shape index (κ2) is 11.4. The molecule has 0 atom stereocenters. The van der Waals surface area contributed by atoms with Crippen LogP contribution in [0.4, 0.5) is 0 Å². The van der Waals surface area contributed by atoms with Gasteiger partial charge in [0.15, 0.2) is 0 Å². The van der Waals surface area contributed by atoms with E-state index in [-0.39, 0.29) is 10.8 Å². The molecule has 230 valence electrons. The zero-order valence-electron chi connectivity index (χ0n) is 26.9. The number of fused-ring (bicyclic) bond motifs is 8. The Bertz CT molecular complexity index is 2060. The normalized spacial score (nSPS) is 13.0. The highest BCUT2D eigenvalue weighted by atomic mass is 79.9. The van der Waals surface area contributed by atoms with Gasteiger partial charge in [0.25, 0.3) is 0 Å². The molecule has 8 bridgehead atoms. The molecule has 0 fully saturated rings. The molecule has 0 saturated carbocycles. The first kappa shape index (κ1) is 30.6. The lowest BCUT2D eigenvalue weighted by Gasteiger charge is -2.19. The Morgan fingerprint density at radius 2 is 0.761 bits per heavy atom. The SMILES string of the molecule is CC(C)(C)c1ccc(-c2c3nc(c(Br)c4ccc([nH]4)c(-c4ccc(C(C)(C)C)cc4)c4nc(c(Br)c5ccc2[nH]5)C=C4)C=C3)cc1. The van der Waals surface area contributed by atoms with Gasteiger partial charge in [-0.1, -0.05) is 90.1 Å². The number of aromatic nitrogens is 4. The molecule has 4 nitrogen and oxygen atoms in total. The van der Waals surface area contributed by atoms with Crippen molar-refractivity contribution >= 4 is 78.2 Å². The fraction of sp³-hybridized carbons (Fsp3) is 0.200. The van der Waals surface area contributed by atoms with E-state index in [2.05, 4.69) is 180 Å². The molecule has 2 aliphatic heterocycles. The summed E-state index contributed by atoms with van der Waals surface area (Å²) in [5, 5.41) is 0. The zero-order chi connectivity index (χ0) is 32.4. The van der Waals surface area contributed by atoms with Crippen molar-refractivity contribution in [3.63, 3.8) is 0 Å². The molecule has 5 heterocycles. The number of halogens is 2. The third kappa shape index (κ3) is 5.62. The molecule has 2 aromatic carbocycles. The third-order valence-corrected chi connectivity index (χ3v) is 10.4. The van der Waals surface area contributed by atoms with Gasteiger partial charge in [-0.2, -0.15) is 0 Å². The summed E-state index contributed by atoms with van der Waals surface area (Å²) in [7, 11) is 0. The van der Waals surface area contributed by atoms with Crippen molar-refractivity contribution in [2.24, 2.45) is 0 Å². The number of nitrogens with one attached hydrogen (secondary N) is 2. The quantitative estimate of drug-likeness (QED) is 0.186. The topological polar surface area (TPSA) is 57.4 Å². The van der Waals surface area contributed by atoms with Crippen LogP contribution >= 0.6 is 31.9 Å². The van der Waals surface area contributed by atoms with Crippen molar-refractivity contribution in [2.75, 3.05) is 0 Å². The van der Waals surface area contributed by atoms with E-state index in [4.69, 9.17) is 9.97 Å². The lowest BCUT2D eigenvalue weighted by molar-refractivity contribution is 0.590. The van der Waals surface area contributed by atoms with Gasteiger partial charge in [0, 0.05) is 22.2 Å². The van der Waals surface area contributed by atoms with Crippen molar-refractivity contribution < 1.29 is 0 Å². The van der Waals surface area contributed by atoms with Crippen LogP contribution in [-0.2, 0) is 10.8 Å². The fourth-order valence-corrected chi connectivity index (χ4v) is 6.92. The number of benzene rings is 2. The number of rotatable bonds is 2. The van der Waals surface area contributed by atoms with Crippen LogP contribution in [-0.4, -0.2) is 19.9 Å². The smallest absolute Gasteiger partial charge is 0.0801 e. The van der Waals surface area contributed by atoms with Crippen molar-refractivity contribution in [3.8, 4) is 22.3 Å². The first-order valence-electron chi connectivity index (χ1n) is 15.6. The highest BCUT2D eigenvalue weighted by Gasteiger charge is 2.19. The van der Waals surface area contributed by atoms with Gasteiger partial charge in [0.1, 0.15) is 0 Å². The van der Waals surface area contributed by atoms with Crippen LogP contribution in [0.25, 0.3) is 68.6 Å². The molecule has 0 unspecified atom stereocenters. The van der Waals surface area contributed by atoms with Gasteiger partial charge in [0.2, 0.25) is 0 Å². The van der Waals surface area contributed by atoms with Crippen molar-refractivity contribution in [1.29, 1.82) is 0 Å². The summed E-state index contributed by atoms with van der Waals surface area (Å²) < 4.78 is 1.81. The summed E-state index contributed by atoms with van der Waals surface area (Å²) in [6.45, 7) is 13.4. The van der Waals surface area contributed by atoms with Gasteiger partial charge >= 0.3 is 0 Å². The van der Waals surface area contributed by atoms with Crippen LogP contribution in [0.3, 0.4) is 0 Å². The Morgan fingerprint density at radius 3 is 1.11 bits per heavy atom. The van der Waals surface area contributed by atoms with Crippen molar-refractivity contribution in [2.45, 2.75) is 52.4 Å². The highest BCUT2D eigenvalue weighted by Crippen LogP contribution is 2.37. The summed E-state index contributed by atoms with van der Waals surface area (Å²) >= 11 is 7.78. The Balaban J connectivity index is 1.53. The molecule has 0 saturated heterocycles. The molecule has 6 heteroatoms. The minimum atomic E-state index is 0.0715. The van der Waals surface area contributed by atoms with E-state index < -0.39 is 0 Å². The van der Waals surface area contributed by atoms with E-state index in [1.165, 1.54) is 11.1 Å². The Hall–Kier alpha value is -4.00. The third-order valence-electron chi connectivity index (χ3n) is 8.70. The van der Waals surface area contributed by atoms with Crippen LogP contribution in [0.5, 0.6) is 0 Å². The molecule has 0 radical (unpaired) electrons. The van der Waals surface area contributed by atoms with E-state index in [1.807, 2.05) is 0 Å². The maximum atomic E-state index is 5.16. The van der Waals surface area contributed by atoms with Gasteiger partial charge < -0.3 is 9.97 Å². The maximum absolute atomic E-state index is 5.16. The lowest BCUT2D eigenvalue weighted by Crippen LogP contribution is -2.10. The summed E-state index contributed by atoms with van der Waals surface area (Å²) in [6, 6.07) is 26.2. The molecule has 0 spiro atoms. The molecule has 2 aliphatic rings. The predicted molar refractivity (Wildman–Crippen MR) is 203 cm³/mol. The van der Waals surface area contributed by atoms with E-state index in [1.54, 1.807) is 0 Å². The summed E-state index contributed by atoms with van der Waals surface area (Å²) in [5.74, 6) is 0. The largest absolute Gasteiger partial charge is 0.354 e. The number of nitrogens with zero attached hydrogens (tertiary/aromatic N) is 2. The minimum Gasteiger partial charge on any atom is -0.354 e. The Morgan fingerprint density at radius 1 is 0.435 bits per heavy atom. The molecular weight excluding hydrogens is 696 g/mol. The van der Waals surface area contributed by atoms with E-state index >= 15 is 0 Å². The molecule has 3 aromatic heterocycles. The van der Waals surface area contributed by atoms with Gasteiger partial charge in [0.05, 0.1) is 42.8 Å². The fourth-order valence-electron chi connectivity index (χ4n) is 6.02. The van der Waals surface area contributed by atoms with E-state index in [9.17, 15) is 0 Å². The van der Waals surface area contributed by atoms with Crippen LogP contribution in [0.1, 0.15) is 75.4 Å². The van der Waals surface area contributed by atoms with Gasteiger partial charge in [-0.25, -0.2) is 9.97 Å². The minimum absolute atomic E-state index is 0.0715. The molecule has 46 heavy (non-hydrogen) atoms. The summed E-state index contributed by atoms with van der Waals surface area (Å²) in [4.78, 5) is 17.7. The van der Waals surface area contributed by atoms with E-state index in [0.717, 1.165) is 76.0 Å². The monoisotopic (exact) mass is 730 g/mol. The predicted octanol–water partition coefficient (Wildman–Crippen LogP) is 12.1. The number of H-pyrrole nitrogens is 2. The molecule has 0 aliphatic carbocycles. The van der Waals surface area contributed by atoms with Gasteiger partial charge in [-0.3, -0.25) is 0 Å². The highest BCUT2D eigenvalue weighted by molar-refractivity contribution is 9.11. The molecule has 5 aromatic rings. The Kier molecular flexibility index (Phi) is 7.57. The van der Waals surface area contributed by atoms with Crippen LogP contribution in [0, 0.1) is 0 Å². The summed E-state index contributed by atoms with van der Waals surface area (Å²) in [5.41, 5.74) is 14.4. The van der Waals surface area contributed by atoms with Crippen LogP contribution in [0.2, 0.25) is 0 Å². The maximum Gasteiger partial charge on any atom is 0.0801 e. The van der Waals surface area contributed by atoms with Crippen molar-refractivity contribution in [3.05, 3.63) is 116 Å². The molecular formula is C40H36Br2N4. The van der Waals surface area contributed by atoms with E-state index in [0.29, 0.717) is 0 Å². The van der Waals surface area contributed by atoms with Crippen LogP contribution < -0.4 is 0 Å². The van der Waals surface area contributed by atoms with Crippen LogP contribution in [0.15, 0.2) is 81.7 Å². The first-order chi connectivity index (χ1) is 21.9. The number of hydrogen-bond donors (Lipinski definition) is 2. The average molecular weight is 733 g/mol. The summed E-state index contributed by atoms with van der Waals surface area (Å²) in [6.07, 6.45) is 8.36. The standard InChI is InChI=1S/C40H36Br2N4/c1-39(2,3)25-11-7-23(8-12-25)35-27-15-19-31(43-27)37(41)33-21-17-29(45-33)36(24-9-13-26(14-10-24)40(4,5)6)30-18-22-34(46-30)38(42)32-20-16-28(35)44-32/h7-22,43,46H,1-6H3. The average Bonchev–Trinajstić information content (AvgIpc) is 3.84. The zero-order valence-corrected chi connectivity index (χ0v) is 30.1. The Labute approximate surface area is 287 Å². The van der Waals surface area contributed by atoms with Gasteiger partial charge in [-0.15, -0.1) is 0 Å². The number of aromatic amines is 2. The second-order valence-corrected chi connectivity index (χ2v) is 15.6. The van der Waals surface area contributed by atoms with Crippen molar-refractivity contribution in [1.82, 2.24) is 19.9 Å².